The molecule has 0 aromatic carbocycles. The van der Waals surface area contributed by atoms with Gasteiger partial charge in [-0.3, -0.25) is 9.78 Å². The number of methoxy groups -OCH3 is 1. The molecule has 0 aliphatic heterocycles. The summed E-state index contributed by atoms with van der Waals surface area (Å²) in [6.45, 7) is 3.51. The minimum absolute atomic E-state index is 0.0107. The molecule has 0 bridgehead atoms. The Balaban J connectivity index is 2.16. The van der Waals surface area contributed by atoms with Gasteiger partial charge in [0, 0.05) is 19.9 Å². The van der Waals surface area contributed by atoms with Gasteiger partial charge in [0.1, 0.15) is 0 Å². The van der Waals surface area contributed by atoms with Crippen LogP contribution in [0.2, 0.25) is 0 Å². The van der Waals surface area contributed by atoms with E-state index in [-0.39, 0.29) is 5.91 Å². The van der Waals surface area contributed by atoms with Gasteiger partial charge in [-0.25, -0.2) is 0 Å². The van der Waals surface area contributed by atoms with Crippen molar-refractivity contribution >= 4 is 33.2 Å². The summed E-state index contributed by atoms with van der Waals surface area (Å²) in [7, 11) is 1.63. The molecule has 2 aromatic heterocycles. The van der Waals surface area contributed by atoms with Crippen molar-refractivity contribution in [2.24, 2.45) is 0 Å². The number of rotatable bonds is 6. The molecule has 0 unspecified atom stereocenters. The van der Waals surface area contributed by atoms with Gasteiger partial charge in [-0.2, -0.15) is 0 Å². The van der Waals surface area contributed by atoms with Crippen LogP contribution in [0.3, 0.4) is 0 Å². The molecule has 0 fully saturated rings. The Labute approximate surface area is 136 Å². The fraction of sp³-hybridized carbons (Fsp3) is 0.333. The van der Waals surface area contributed by atoms with Crippen LogP contribution in [-0.4, -0.2) is 36.1 Å². The summed E-state index contributed by atoms with van der Waals surface area (Å²) >= 11 is 4.92. The molecule has 0 saturated heterocycles. The van der Waals surface area contributed by atoms with Crippen molar-refractivity contribution < 1.29 is 9.53 Å². The predicted molar refractivity (Wildman–Crippen MR) is 87.6 cm³/mol. The van der Waals surface area contributed by atoms with E-state index in [2.05, 4.69) is 20.9 Å². The Morgan fingerprint density at radius 2 is 2.29 bits per heavy atom. The first-order chi connectivity index (χ1) is 10.1. The number of pyridine rings is 1. The number of carbonyl (C=O) groups excluding carboxylic acids is 1. The maximum Gasteiger partial charge on any atom is 0.264 e. The Kier molecular flexibility index (Phi) is 5.90. The van der Waals surface area contributed by atoms with E-state index in [4.69, 9.17) is 4.74 Å². The monoisotopic (exact) mass is 368 g/mol. The Morgan fingerprint density at radius 1 is 1.48 bits per heavy atom. The third-order valence-corrected chi connectivity index (χ3v) is 5.12. The zero-order valence-electron chi connectivity index (χ0n) is 12.0. The van der Waals surface area contributed by atoms with Crippen molar-refractivity contribution in [3.63, 3.8) is 0 Å². The fourth-order valence-electron chi connectivity index (χ4n) is 1.86. The number of aryl methyl sites for hydroxylation is 1. The second-order valence-electron chi connectivity index (χ2n) is 4.61. The van der Waals surface area contributed by atoms with Crippen molar-refractivity contribution in [2.75, 3.05) is 20.3 Å². The number of hydrogen-bond acceptors (Lipinski definition) is 4. The topological polar surface area (TPSA) is 42.4 Å². The third kappa shape index (κ3) is 4.36. The summed E-state index contributed by atoms with van der Waals surface area (Å²) < 4.78 is 6.10. The van der Waals surface area contributed by atoms with Gasteiger partial charge in [-0.05, 0) is 46.6 Å². The van der Waals surface area contributed by atoms with Crippen LogP contribution in [0.15, 0.2) is 34.2 Å². The van der Waals surface area contributed by atoms with Gasteiger partial charge in [0.25, 0.3) is 5.91 Å². The van der Waals surface area contributed by atoms with Gasteiger partial charge in [0.15, 0.2) is 0 Å². The average Bonchev–Trinajstić information content (AvgIpc) is 2.83. The maximum atomic E-state index is 12.7. The lowest BCUT2D eigenvalue weighted by Crippen LogP contribution is -2.33. The molecule has 2 rings (SSSR count). The molecule has 4 nitrogen and oxygen atoms in total. The van der Waals surface area contributed by atoms with Crippen LogP contribution in [0.5, 0.6) is 0 Å². The Morgan fingerprint density at radius 3 is 2.86 bits per heavy atom. The molecule has 0 saturated carbocycles. The van der Waals surface area contributed by atoms with Gasteiger partial charge in [-0.1, -0.05) is 6.07 Å². The number of amides is 1. The van der Waals surface area contributed by atoms with Crippen LogP contribution < -0.4 is 0 Å². The lowest BCUT2D eigenvalue weighted by molar-refractivity contribution is 0.0682. The number of ether oxygens (including phenoxy) is 1. The molecule has 0 N–H and O–H groups in total. The van der Waals surface area contributed by atoms with Crippen LogP contribution in [0, 0.1) is 6.92 Å². The number of thiophene rings is 1. The summed E-state index contributed by atoms with van der Waals surface area (Å²) in [4.78, 5) is 19.4. The standard InChI is InChI=1S/C15H17BrN2O2S/c1-11-9-13(21-14(11)16)15(19)18(7-8-20-2)10-12-5-3-4-6-17-12/h3-6,9H,7-8,10H2,1-2H3. The van der Waals surface area contributed by atoms with Gasteiger partial charge in [-0.15, -0.1) is 11.3 Å². The van der Waals surface area contributed by atoms with E-state index >= 15 is 0 Å². The van der Waals surface area contributed by atoms with E-state index < -0.39 is 0 Å². The van der Waals surface area contributed by atoms with E-state index in [1.807, 2.05) is 31.2 Å². The third-order valence-electron chi connectivity index (χ3n) is 3.00. The smallest absolute Gasteiger partial charge is 0.264 e. The van der Waals surface area contributed by atoms with Crippen molar-refractivity contribution in [2.45, 2.75) is 13.5 Å². The molecule has 0 aliphatic carbocycles. The number of halogens is 1. The first kappa shape index (κ1) is 16.1. The molecule has 2 aromatic rings. The molecule has 0 spiro atoms. The first-order valence-corrected chi connectivity index (χ1v) is 8.17. The average molecular weight is 369 g/mol. The van der Waals surface area contributed by atoms with Crippen molar-refractivity contribution in [3.8, 4) is 0 Å². The fourth-order valence-corrected chi connectivity index (χ4v) is 3.36. The van der Waals surface area contributed by atoms with E-state index in [9.17, 15) is 4.79 Å². The molecular weight excluding hydrogens is 352 g/mol. The minimum Gasteiger partial charge on any atom is -0.383 e. The molecule has 2 heterocycles. The van der Waals surface area contributed by atoms with Crippen molar-refractivity contribution in [3.05, 3.63) is 50.4 Å². The summed E-state index contributed by atoms with van der Waals surface area (Å²) in [5, 5.41) is 0. The van der Waals surface area contributed by atoms with Crippen LogP contribution in [0.4, 0.5) is 0 Å². The molecule has 0 radical (unpaired) electrons. The van der Waals surface area contributed by atoms with Crippen molar-refractivity contribution in [1.29, 1.82) is 0 Å². The van der Waals surface area contributed by atoms with Gasteiger partial charge < -0.3 is 9.64 Å². The molecule has 0 atom stereocenters. The van der Waals surface area contributed by atoms with Crippen molar-refractivity contribution in [1.82, 2.24) is 9.88 Å². The number of carbonyl (C=O) groups is 1. The SMILES string of the molecule is COCCN(Cc1ccccn1)C(=O)c1cc(C)c(Br)s1. The molecular formula is C15H17BrN2O2S. The zero-order chi connectivity index (χ0) is 15.2. The highest BCUT2D eigenvalue weighted by atomic mass is 79.9. The Bertz CT molecular complexity index is 581. The minimum atomic E-state index is 0.0107. The first-order valence-electron chi connectivity index (χ1n) is 6.56. The summed E-state index contributed by atoms with van der Waals surface area (Å²) in [5.74, 6) is 0.0107. The second kappa shape index (κ2) is 7.68. The lowest BCUT2D eigenvalue weighted by Gasteiger charge is -2.21. The molecule has 6 heteroatoms. The lowest BCUT2D eigenvalue weighted by atomic mass is 10.3. The zero-order valence-corrected chi connectivity index (χ0v) is 14.4. The van der Waals surface area contributed by atoms with Gasteiger partial charge in [0.2, 0.25) is 0 Å². The molecule has 112 valence electrons. The number of hydrogen-bond donors (Lipinski definition) is 0. The van der Waals surface area contributed by atoms with E-state index in [0.29, 0.717) is 19.7 Å². The predicted octanol–water partition coefficient (Wildman–Crippen LogP) is 3.50. The number of nitrogens with zero attached hydrogens (tertiary/aromatic N) is 2. The van der Waals surface area contributed by atoms with E-state index in [1.54, 1.807) is 18.2 Å². The largest absolute Gasteiger partial charge is 0.383 e. The van der Waals surface area contributed by atoms with Crippen LogP contribution in [0.25, 0.3) is 0 Å². The number of aromatic nitrogens is 1. The normalized spacial score (nSPS) is 10.6. The quantitative estimate of drug-likeness (QED) is 0.783. The van der Waals surface area contributed by atoms with Gasteiger partial charge >= 0.3 is 0 Å². The van der Waals surface area contributed by atoms with Crippen LogP contribution in [0.1, 0.15) is 20.9 Å². The molecule has 21 heavy (non-hydrogen) atoms. The van der Waals surface area contributed by atoms with E-state index in [1.165, 1.54) is 11.3 Å². The molecule has 1 amide bonds. The van der Waals surface area contributed by atoms with Crippen LogP contribution in [-0.2, 0) is 11.3 Å². The summed E-state index contributed by atoms with van der Waals surface area (Å²) in [6, 6.07) is 7.62. The highest BCUT2D eigenvalue weighted by Gasteiger charge is 2.19. The van der Waals surface area contributed by atoms with E-state index in [0.717, 1.165) is 19.9 Å². The highest BCUT2D eigenvalue weighted by Crippen LogP contribution is 2.28. The van der Waals surface area contributed by atoms with Crippen LogP contribution >= 0.6 is 27.3 Å². The Hall–Kier alpha value is -1.24. The highest BCUT2D eigenvalue weighted by molar-refractivity contribution is 9.11. The second-order valence-corrected chi connectivity index (χ2v) is 6.98. The molecule has 0 aliphatic rings. The summed E-state index contributed by atoms with van der Waals surface area (Å²) in [6.07, 6.45) is 1.74. The van der Waals surface area contributed by atoms with Gasteiger partial charge in [0.05, 0.1) is 27.5 Å². The maximum absolute atomic E-state index is 12.7. The summed E-state index contributed by atoms with van der Waals surface area (Å²) in [5.41, 5.74) is 1.95.